The van der Waals surface area contributed by atoms with Gasteiger partial charge in [-0.1, -0.05) is 52.0 Å². The summed E-state index contributed by atoms with van der Waals surface area (Å²) in [6.07, 6.45) is 1.12. The van der Waals surface area contributed by atoms with Crippen molar-refractivity contribution in [3.63, 3.8) is 0 Å². The predicted molar refractivity (Wildman–Crippen MR) is 86.9 cm³/mol. The lowest BCUT2D eigenvalue weighted by atomic mass is 9.84. The summed E-state index contributed by atoms with van der Waals surface area (Å²) in [6, 6.07) is 10.1. The molecule has 1 N–H and O–H groups in total. The van der Waals surface area contributed by atoms with Crippen LogP contribution in [0.25, 0.3) is 0 Å². The Balaban J connectivity index is 2.10. The average molecular weight is 274 g/mol. The fourth-order valence-corrected chi connectivity index (χ4v) is 3.00. The van der Waals surface area contributed by atoms with E-state index in [4.69, 9.17) is 0 Å². The van der Waals surface area contributed by atoms with Crippen LogP contribution in [0.2, 0.25) is 0 Å². The molecule has 1 fully saturated rings. The molecule has 1 aliphatic heterocycles. The highest BCUT2D eigenvalue weighted by Crippen LogP contribution is 2.25. The Labute approximate surface area is 124 Å². The van der Waals surface area contributed by atoms with Crippen molar-refractivity contribution in [2.45, 2.75) is 59.7 Å². The standard InChI is InChI=1S/C18H30N2/c1-6-15-9-7-8-10-16(15)12-20-13-17(18(3,4)5)19-11-14(20)2/h7-10,14,17,19H,6,11-13H2,1-5H3. The number of aryl methyl sites for hydroxylation is 1. The third kappa shape index (κ3) is 3.62. The van der Waals surface area contributed by atoms with Gasteiger partial charge in [0.1, 0.15) is 0 Å². The molecule has 0 bridgehead atoms. The Kier molecular flexibility index (Phi) is 4.87. The SMILES string of the molecule is CCc1ccccc1CN1CC(C(C)(C)C)NCC1C. The van der Waals surface area contributed by atoms with E-state index < -0.39 is 0 Å². The average Bonchev–Trinajstić information content (AvgIpc) is 2.40. The zero-order chi connectivity index (χ0) is 14.8. The van der Waals surface area contributed by atoms with Gasteiger partial charge < -0.3 is 5.32 Å². The van der Waals surface area contributed by atoms with Gasteiger partial charge in [0.05, 0.1) is 0 Å². The van der Waals surface area contributed by atoms with Crippen LogP contribution >= 0.6 is 0 Å². The highest BCUT2D eigenvalue weighted by Gasteiger charge is 2.32. The van der Waals surface area contributed by atoms with Gasteiger partial charge in [-0.25, -0.2) is 0 Å². The van der Waals surface area contributed by atoms with Crippen LogP contribution in [0, 0.1) is 5.41 Å². The van der Waals surface area contributed by atoms with Gasteiger partial charge in [0.2, 0.25) is 0 Å². The monoisotopic (exact) mass is 274 g/mol. The van der Waals surface area contributed by atoms with Gasteiger partial charge in [0.25, 0.3) is 0 Å². The van der Waals surface area contributed by atoms with Crippen LogP contribution in [0.3, 0.4) is 0 Å². The van der Waals surface area contributed by atoms with E-state index in [1.165, 1.54) is 11.1 Å². The highest BCUT2D eigenvalue weighted by molar-refractivity contribution is 5.27. The van der Waals surface area contributed by atoms with Crippen LogP contribution in [0.5, 0.6) is 0 Å². The normalized spacial score (nSPS) is 24.9. The summed E-state index contributed by atoms with van der Waals surface area (Å²) in [5.41, 5.74) is 3.31. The van der Waals surface area contributed by atoms with E-state index >= 15 is 0 Å². The van der Waals surface area contributed by atoms with E-state index in [-0.39, 0.29) is 0 Å². The second kappa shape index (κ2) is 6.28. The third-order valence-corrected chi connectivity index (χ3v) is 4.62. The van der Waals surface area contributed by atoms with E-state index in [1.54, 1.807) is 0 Å². The van der Waals surface area contributed by atoms with E-state index in [2.05, 4.69) is 69.1 Å². The van der Waals surface area contributed by atoms with Gasteiger partial charge in [-0.15, -0.1) is 0 Å². The number of hydrogen-bond acceptors (Lipinski definition) is 2. The fraction of sp³-hybridized carbons (Fsp3) is 0.667. The summed E-state index contributed by atoms with van der Waals surface area (Å²) >= 11 is 0. The Morgan fingerprint density at radius 3 is 2.45 bits per heavy atom. The van der Waals surface area contributed by atoms with Crippen molar-refractivity contribution in [2.24, 2.45) is 5.41 Å². The summed E-state index contributed by atoms with van der Waals surface area (Å²) in [5, 5.41) is 3.71. The Bertz CT molecular complexity index is 433. The molecule has 2 nitrogen and oxygen atoms in total. The molecule has 0 radical (unpaired) electrons. The second-order valence-corrected chi connectivity index (χ2v) is 7.23. The van der Waals surface area contributed by atoms with Crippen LogP contribution in [0.4, 0.5) is 0 Å². The molecule has 2 heteroatoms. The number of piperazine rings is 1. The van der Waals surface area contributed by atoms with Gasteiger partial charge in [0.15, 0.2) is 0 Å². The maximum Gasteiger partial charge on any atom is 0.0244 e. The Morgan fingerprint density at radius 2 is 1.85 bits per heavy atom. The van der Waals surface area contributed by atoms with Crippen molar-refractivity contribution in [2.75, 3.05) is 13.1 Å². The van der Waals surface area contributed by atoms with Crippen molar-refractivity contribution < 1.29 is 0 Å². The fourth-order valence-electron chi connectivity index (χ4n) is 3.00. The Hall–Kier alpha value is -0.860. The van der Waals surface area contributed by atoms with Gasteiger partial charge in [-0.2, -0.15) is 0 Å². The first kappa shape index (κ1) is 15.5. The lowest BCUT2D eigenvalue weighted by molar-refractivity contribution is 0.0875. The van der Waals surface area contributed by atoms with E-state index in [0.717, 1.165) is 26.1 Å². The van der Waals surface area contributed by atoms with Crippen LogP contribution in [0.15, 0.2) is 24.3 Å². The molecule has 2 atom stereocenters. The second-order valence-electron chi connectivity index (χ2n) is 7.23. The van der Waals surface area contributed by atoms with E-state index in [1.807, 2.05) is 0 Å². The van der Waals surface area contributed by atoms with Crippen molar-refractivity contribution in [3.05, 3.63) is 35.4 Å². The molecule has 1 heterocycles. The lowest BCUT2D eigenvalue weighted by Gasteiger charge is -2.44. The predicted octanol–water partition coefficient (Wildman–Crippen LogP) is 3.46. The number of nitrogens with zero attached hydrogens (tertiary/aromatic N) is 1. The number of hydrogen-bond donors (Lipinski definition) is 1. The largest absolute Gasteiger partial charge is 0.311 e. The summed E-state index contributed by atoms with van der Waals surface area (Å²) in [5.74, 6) is 0. The Morgan fingerprint density at radius 1 is 1.20 bits per heavy atom. The molecule has 0 amide bonds. The minimum atomic E-state index is 0.322. The number of rotatable bonds is 3. The molecule has 0 spiro atoms. The quantitative estimate of drug-likeness (QED) is 0.908. The minimum Gasteiger partial charge on any atom is -0.311 e. The lowest BCUT2D eigenvalue weighted by Crippen LogP contribution is -2.59. The molecule has 1 aliphatic rings. The summed E-state index contributed by atoms with van der Waals surface area (Å²) < 4.78 is 0. The molecule has 1 saturated heterocycles. The first-order valence-corrected chi connectivity index (χ1v) is 7.96. The van der Waals surface area contributed by atoms with Crippen molar-refractivity contribution in [3.8, 4) is 0 Å². The molecule has 0 saturated carbocycles. The first-order valence-electron chi connectivity index (χ1n) is 7.96. The zero-order valence-corrected chi connectivity index (χ0v) is 13.7. The summed E-state index contributed by atoms with van der Waals surface area (Å²) in [7, 11) is 0. The van der Waals surface area contributed by atoms with Gasteiger partial charge >= 0.3 is 0 Å². The maximum atomic E-state index is 3.71. The molecule has 112 valence electrons. The summed E-state index contributed by atoms with van der Waals surface area (Å²) in [6.45, 7) is 14.9. The van der Waals surface area contributed by atoms with E-state index in [0.29, 0.717) is 17.5 Å². The van der Waals surface area contributed by atoms with Crippen molar-refractivity contribution in [1.82, 2.24) is 10.2 Å². The van der Waals surface area contributed by atoms with E-state index in [9.17, 15) is 0 Å². The van der Waals surface area contributed by atoms with Gasteiger partial charge in [-0.05, 0) is 29.9 Å². The van der Waals surface area contributed by atoms with Gasteiger partial charge in [-0.3, -0.25) is 4.90 Å². The van der Waals surface area contributed by atoms with Gasteiger partial charge in [0, 0.05) is 31.7 Å². The molecular formula is C18H30N2. The van der Waals surface area contributed by atoms with Crippen LogP contribution in [-0.4, -0.2) is 30.1 Å². The van der Waals surface area contributed by atoms with Crippen molar-refractivity contribution >= 4 is 0 Å². The zero-order valence-electron chi connectivity index (χ0n) is 13.7. The molecule has 20 heavy (non-hydrogen) atoms. The maximum absolute atomic E-state index is 3.71. The first-order chi connectivity index (χ1) is 9.41. The smallest absolute Gasteiger partial charge is 0.0244 e. The molecule has 0 aromatic heterocycles. The highest BCUT2D eigenvalue weighted by atomic mass is 15.2. The van der Waals surface area contributed by atoms with Crippen LogP contribution < -0.4 is 5.32 Å². The van der Waals surface area contributed by atoms with Crippen LogP contribution in [-0.2, 0) is 13.0 Å². The molecule has 0 aliphatic carbocycles. The topological polar surface area (TPSA) is 15.3 Å². The molecule has 1 aromatic carbocycles. The molecule has 2 rings (SSSR count). The number of nitrogens with one attached hydrogen (secondary N) is 1. The number of benzene rings is 1. The van der Waals surface area contributed by atoms with Crippen molar-refractivity contribution in [1.29, 1.82) is 0 Å². The third-order valence-electron chi connectivity index (χ3n) is 4.62. The molecule has 1 aromatic rings. The molecular weight excluding hydrogens is 244 g/mol. The summed E-state index contributed by atoms with van der Waals surface area (Å²) in [4.78, 5) is 2.64. The minimum absolute atomic E-state index is 0.322. The molecule has 2 unspecified atom stereocenters. The van der Waals surface area contributed by atoms with Crippen LogP contribution in [0.1, 0.15) is 45.7 Å².